The Balaban J connectivity index is 2.22. The van der Waals surface area contributed by atoms with Crippen LogP contribution in [-0.2, 0) is 0 Å². The van der Waals surface area contributed by atoms with E-state index in [-0.39, 0.29) is 5.75 Å². The maximum Gasteiger partial charge on any atom is 0.124 e. The van der Waals surface area contributed by atoms with E-state index in [1.165, 1.54) is 5.56 Å². The summed E-state index contributed by atoms with van der Waals surface area (Å²) < 4.78 is 0.949. The maximum atomic E-state index is 9.93. The Kier molecular flexibility index (Phi) is 2.63. The van der Waals surface area contributed by atoms with Gasteiger partial charge in [-0.3, -0.25) is 0 Å². The molecule has 2 aromatic carbocycles. The first kappa shape index (κ1) is 11.4. The summed E-state index contributed by atoms with van der Waals surface area (Å²) in [5, 5.41) is 11.1. The third-order valence-corrected chi connectivity index (χ3v) is 3.52. The Morgan fingerprint density at radius 1 is 1.06 bits per heavy atom. The van der Waals surface area contributed by atoms with Gasteiger partial charge in [0.15, 0.2) is 0 Å². The van der Waals surface area contributed by atoms with Gasteiger partial charge in [-0.25, -0.2) is 0 Å². The second-order valence-electron chi connectivity index (χ2n) is 4.44. The van der Waals surface area contributed by atoms with Crippen molar-refractivity contribution < 1.29 is 5.11 Å². The molecule has 0 spiro atoms. The first-order valence-electron chi connectivity index (χ1n) is 5.72. The molecule has 3 aromatic rings. The van der Waals surface area contributed by atoms with Gasteiger partial charge >= 0.3 is 0 Å². The zero-order valence-electron chi connectivity index (χ0n) is 9.87. The third-order valence-electron chi connectivity index (χ3n) is 3.03. The van der Waals surface area contributed by atoms with Crippen LogP contribution in [0.1, 0.15) is 5.56 Å². The van der Waals surface area contributed by atoms with E-state index in [0.717, 1.165) is 26.6 Å². The normalized spacial score (nSPS) is 11.0. The predicted octanol–water partition coefficient (Wildman–Crippen LogP) is 4.61. The van der Waals surface area contributed by atoms with E-state index in [0.29, 0.717) is 0 Å². The first-order valence-corrected chi connectivity index (χ1v) is 6.51. The molecule has 0 atom stereocenters. The number of aromatic hydroxyl groups is 1. The highest BCUT2D eigenvalue weighted by Gasteiger charge is 2.08. The van der Waals surface area contributed by atoms with E-state index in [4.69, 9.17) is 0 Å². The lowest BCUT2D eigenvalue weighted by Crippen LogP contribution is -1.79. The Morgan fingerprint density at radius 3 is 2.72 bits per heavy atom. The van der Waals surface area contributed by atoms with Crippen LogP contribution in [0.2, 0.25) is 0 Å². The van der Waals surface area contributed by atoms with E-state index >= 15 is 0 Å². The summed E-state index contributed by atoms with van der Waals surface area (Å²) in [6.07, 6.45) is 0. The van der Waals surface area contributed by atoms with Crippen LogP contribution in [0.15, 0.2) is 46.9 Å². The average Bonchev–Trinajstić information content (AvgIpc) is 2.74. The molecule has 0 radical (unpaired) electrons. The molecule has 0 aliphatic rings. The fourth-order valence-corrected chi connectivity index (χ4v) is 2.48. The molecular formula is C15H12BrNO. The number of phenols is 1. The van der Waals surface area contributed by atoms with Crippen LogP contribution in [0, 0.1) is 6.92 Å². The lowest BCUT2D eigenvalue weighted by atomic mass is 10.1. The molecule has 2 nitrogen and oxygen atoms in total. The van der Waals surface area contributed by atoms with E-state index in [9.17, 15) is 5.11 Å². The number of fused-ring (bicyclic) bond motifs is 1. The number of aryl methyl sites for hydroxylation is 1. The minimum atomic E-state index is 0.279. The Labute approximate surface area is 113 Å². The van der Waals surface area contributed by atoms with Crippen LogP contribution < -0.4 is 0 Å². The van der Waals surface area contributed by atoms with Crippen molar-refractivity contribution in [3.63, 3.8) is 0 Å². The summed E-state index contributed by atoms with van der Waals surface area (Å²) in [5.41, 5.74) is 4.04. The van der Waals surface area contributed by atoms with Crippen molar-refractivity contribution in [3.05, 3.63) is 52.5 Å². The average molecular weight is 302 g/mol. The highest BCUT2D eigenvalue weighted by Crippen LogP contribution is 2.33. The van der Waals surface area contributed by atoms with Gasteiger partial charge < -0.3 is 10.1 Å². The lowest BCUT2D eigenvalue weighted by molar-refractivity contribution is 0.477. The van der Waals surface area contributed by atoms with Crippen LogP contribution in [0.5, 0.6) is 5.75 Å². The molecular weight excluding hydrogens is 290 g/mol. The molecule has 0 bridgehead atoms. The van der Waals surface area contributed by atoms with Gasteiger partial charge in [0.2, 0.25) is 0 Å². The zero-order chi connectivity index (χ0) is 12.7. The van der Waals surface area contributed by atoms with Crippen LogP contribution in [0.3, 0.4) is 0 Å². The van der Waals surface area contributed by atoms with Gasteiger partial charge in [0.25, 0.3) is 0 Å². The van der Waals surface area contributed by atoms with Crippen molar-refractivity contribution >= 4 is 26.8 Å². The lowest BCUT2D eigenvalue weighted by Gasteiger charge is -2.02. The predicted molar refractivity (Wildman–Crippen MR) is 77.8 cm³/mol. The van der Waals surface area contributed by atoms with Gasteiger partial charge in [-0.1, -0.05) is 27.6 Å². The van der Waals surface area contributed by atoms with Gasteiger partial charge in [-0.05, 0) is 43.3 Å². The molecule has 90 valence electrons. The standard InChI is InChI=1S/C15H12BrNO/c1-9-2-4-13-10(6-9)7-14(17-13)12-8-11(16)3-5-15(12)18/h2-8,17-18H,1H3. The summed E-state index contributed by atoms with van der Waals surface area (Å²) in [6, 6.07) is 13.7. The SMILES string of the molecule is Cc1ccc2[nH]c(-c3cc(Br)ccc3O)cc2c1. The number of benzene rings is 2. The Hall–Kier alpha value is -1.74. The number of aromatic amines is 1. The maximum absolute atomic E-state index is 9.93. The fourth-order valence-electron chi connectivity index (χ4n) is 2.12. The second-order valence-corrected chi connectivity index (χ2v) is 5.35. The first-order chi connectivity index (χ1) is 8.63. The molecule has 0 aliphatic heterocycles. The van der Waals surface area contributed by atoms with Gasteiger partial charge in [0.05, 0.1) is 5.69 Å². The molecule has 0 amide bonds. The van der Waals surface area contributed by atoms with Gasteiger partial charge in [0, 0.05) is 20.9 Å². The largest absolute Gasteiger partial charge is 0.507 e. The fraction of sp³-hybridized carbons (Fsp3) is 0.0667. The zero-order valence-corrected chi connectivity index (χ0v) is 11.5. The molecule has 0 saturated carbocycles. The Morgan fingerprint density at radius 2 is 1.89 bits per heavy atom. The number of H-pyrrole nitrogens is 1. The molecule has 3 heteroatoms. The van der Waals surface area contributed by atoms with E-state index in [2.05, 4.69) is 52.1 Å². The molecule has 0 fully saturated rings. The monoisotopic (exact) mass is 301 g/mol. The number of hydrogen-bond acceptors (Lipinski definition) is 1. The molecule has 18 heavy (non-hydrogen) atoms. The van der Waals surface area contributed by atoms with E-state index < -0.39 is 0 Å². The van der Waals surface area contributed by atoms with Gasteiger partial charge in [0.1, 0.15) is 5.75 Å². The molecule has 3 rings (SSSR count). The summed E-state index contributed by atoms with van der Waals surface area (Å²) in [7, 11) is 0. The molecule has 1 heterocycles. The van der Waals surface area contributed by atoms with Crippen LogP contribution in [0.4, 0.5) is 0 Å². The van der Waals surface area contributed by atoms with Crippen molar-refractivity contribution in [1.82, 2.24) is 4.98 Å². The quantitative estimate of drug-likeness (QED) is 0.676. The summed E-state index contributed by atoms with van der Waals surface area (Å²) in [4.78, 5) is 3.33. The minimum Gasteiger partial charge on any atom is -0.507 e. The summed E-state index contributed by atoms with van der Waals surface area (Å²) >= 11 is 3.42. The van der Waals surface area contributed by atoms with Crippen molar-refractivity contribution in [1.29, 1.82) is 0 Å². The minimum absolute atomic E-state index is 0.279. The summed E-state index contributed by atoms with van der Waals surface area (Å²) in [6.45, 7) is 2.07. The molecule has 0 unspecified atom stereocenters. The second kappa shape index (κ2) is 4.18. The van der Waals surface area contributed by atoms with E-state index in [1.807, 2.05) is 12.1 Å². The van der Waals surface area contributed by atoms with E-state index in [1.54, 1.807) is 6.07 Å². The summed E-state index contributed by atoms with van der Waals surface area (Å²) in [5.74, 6) is 0.279. The molecule has 2 N–H and O–H groups in total. The smallest absolute Gasteiger partial charge is 0.124 e. The number of phenolic OH excluding ortho intramolecular Hbond substituents is 1. The number of hydrogen-bond donors (Lipinski definition) is 2. The van der Waals surface area contributed by atoms with Gasteiger partial charge in [-0.15, -0.1) is 0 Å². The third kappa shape index (κ3) is 1.91. The number of aromatic nitrogens is 1. The van der Waals surface area contributed by atoms with Crippen molar-refractivity contribution in [2.75, 3.05) is 0 Å². The van der Waals surface area contributed by atoms with Gasteiger partial charge in [-0.2, -0.15) is 0 Å². The number of rotatable bonds is 1. The number of halogens is 1. The van der Waals surface area contributed by atoms with Crippen LogP contribution in [-0.4, -0.2) is 10.1 Å². The highest BCUT2D eigenvalue weighted by atomic mass is 79.9. The molecule has 0 saturated heterocycles. The van der Waals surface area contributed by atoms with Crippen molar-refractivity contribution in [3.8, 4) is 17.0 Å². The topological polar surface area (TPSA) is 36.0 Å². The molecule has 1 aromatic heterocycles. The van der Waals surface area contributed by atoms with Crippen LogP contribution in [0.25, 0.3) is 22.2 Å². The van der Waals surface area contributed by atoms with Crippen LogP contribution >= 0.6 is 15.9 Å². The Bertz CT molecular complexity index is 730. The highest BCUT2D eigenvalue weighted by molar-refractivity contribution is 9.10. The van der Waals surface area contributed by atoms with Crippen molar-refractivity contribution in [2.45, 2.75) is 6.92 Å². The number of nitrogens with one attached hydrogen (secondary N) is 1. The molecule has 0 aliphatic carbocycles. The van der Waals surface area contributed by atoms with Crippen molar-refractivity contribution in [2.24, 2.45) is 0 Å².